The predicted molar refractivity (Wildman–Crippen MR) is 90.7 cm³/mol. The number of hydrogen-bond acceptors (Lipinski definition) is 1. The van der Waals surface area contributed by atoms with Gasteiger partial charge in [-0.25, -0.2) is 0 Å². The lowest BCUT2D eigenvalue weighted by Crippen LogP contribution is -2.18. The van der Waals surface area contributed by atoms with E-state index in [1.807, 2.05) is 0 Å². The first-order valence-corrected chi connectivity index (χ1v) is 7.88. The van der Waals surface area contributed by atoms with Crippen molar-refractivity contribution in [1.82, 2.24) is 9.88 Å². The van der Waals surface area contributed by atoms with Gasteiger partial charge in [0.1, 0.15) is 0 Å². The summed E-state index contributed by atoms with van der Waals surface area (Å²) in [6.07, 6.45) is 4.44. The highest BCUT2D eigenvalue weighted by Gasteiger charge is 2.05. The van der Waals surface area contributed by atoms with Crippen LogP contribution in [0, 0.1) is 26.7 Å². The van der Waals surface area contributed by atoms with Gasteiger partial charge < -0.3 is 9.88 Å². The molecule has 0 amide bonds. The van der Waals surface area contributed by atoms with Crippen molar-refractivity contribution in [2.75, 3.05) is 6.54 Å². The Hall–Kier alpha value is -1.54. The van der Waals surface area contributed by atoms with E-state index < -0.39 is 0 Å². The molecule has 2 aromatic rings. The van der Waals surface area contributed by atoms with Gasteiger partial charge in [-0.1, -0.05) is 31.5 Å². The summed E-state index contributed by atoms with van der Waals surface area (Å²) in [5.74, 6) is 0.699. The molecule has 0 unspecified atom stereocenters. The van der Waals surface area contributed by atoms with Crippen LogP contribution in [-0.4, -0.2) is 11.1 Å². The Balaban J connectivity index is 2.03. The second-order valence-corrected chi connectivity index (χ2v) is 6.59. The predicted octanol–water partition coefficient (Wildman–Crippen LogP) is 4.21. The van der Waals surface area contributed by atoms with Crippen LogP contribution in [0.1, 0.15) is 41.7 Å². The summed E-state index contributed by atoms with van der Waals surface area (Å²) in [5, 5.41) is 3.50. The maximum absolute atomic E-state index is 3.50. The smallest absolute Gasteiger partial charge is 0.0475 e. The first-order chi connectivity index (χ1) is 9.95. The van der Waals surface area contributed by atoms with Gasteiger partial charge in [-0.05, 0) is 61.6 Å². The highest BCUT2D eigenvalue weighted by atomic mass is 14.9. The summed E-state index contributed by atoms with van der Waals surface area (Å²) in [4.78, 5) is 0. The molecule has 1 aromatic carbocycles. The Labute approximate surface area is 129 Å². The molecule has 0 aliphatic rings. The fourth-order valence-electron chi connectivity index (χ4n) is 2.84. The summed E-state index contributed by atoms with van der Waals surface area (Å²) in [7, 11) is 0. The van der Waals surface area contributed by atoms with Crippen molar-refractivity contribution in [1.29, 1.82) is 0 Å². The van der Waals surface area contributed by atoms with Gasteiger partial charge in [0, 0.05) is 25.5 Å². The van der Waals surface area contributed by atoms with Gasteiger partial charge in [-0.2, -0.15) is 0 Å². The normalized spacial score (nSPS) is 11.3. The van der Waals surface area contributed by atoms with Crippen molar-refractivity contribution < 1.29 is 0 Å². The van der Waals surface area contributed by atoms with E-state index in [-0.39, 0.29) is 0 Å². The summed E-state index contributed by atoms with van der Waals surface area (Å²) < 4.78 is 2.29. The molecular weight excluding hydrogens is 256 g/mol. The molecule has 2 nitrogen and oxygen atoms in total. The van der Waals surface area contributed by atoms with Gasteiger partial charge >= 0.3 is 0 Å². The van der Waals surface area contributed by atoms with E-state index in [2.05, 4.69) is 75.1 Å². The van der Waals surface area contributed by atoms with E-state index in [4.69, 9.17) is 0 Å². The number of nitrogens with one attached hydrogen (secondary N) is 1. The largest absolute Gasteiger partial charge is 0.350 e. The molecule has 2 heteroatoms. The molecule has 0 saturated carbocycles. The molecule has 0 aliphatic heterocycles. The number of hydrogen-bond donors (Lipinski definition) is 1. The van der Waals surface area contributed by atoms with E-state index >= 15 is 0 Å². The Bertz CT molecular complexity index is 570. The molecule has 0 spiro atoms. The lowest BCUT2D eigenvalue weighted by molar-refractivity contribution is 0.552. The molecule has 0 radical (unpaired) electrons. The minimum atomic E-state index is 0.699. The van der Waals surface area contributed by atoms with Crippen molar-refractivity contribution in [2.45, 2.75) is 47.7 Å². The van der Waals surface area contributed by atoms with Crippen molar-refractivity contribution in [2.24, 2.45) is 5.92 Å². The third-order valence-electron chi connectivity index (χ3n) is 3.87. The van der Waals surface area contributed by atoms with Crippen LogP contribution in [0.3, 0.4) is 0 Å². The van der Waals surface area contributed by atoms with E-state index in [0.29, 0.717) is 5.92 Å². The van der Waals surface area contributed by atoms with Crippen LogP contribution in [-0.2, 0) is 13.1 Å². The summed E-state index contributed by atoms with van der Waals surface area (Å²) in [6, 6.07) is 6.76. The van der Waals surface area contributed by atoms with Crippen LogP contribution < -0.4 is 5.32 Å². The number of rotatable bonds is 6. The zero-order valence-electron chi connectivity index (χ0n) is 14.0. The van der Waals surface area contributed by atoms with Crippen molar-refractivity contribution in [3.8, 4) is 0 Å². The lowest BCUT2D eigenvalue weighted by atomic mass is 10.00. The van der Waals surface area contributed by atoms with Crippen LogP contribution in [0.25, 0.3) is 0 Å². The maximum Gasteiger partial charge on any atom is 0.0475 e. The third kappa shape index (κ3) is 4.47. The Morgan fingerprint density at radius 1 is 1.10 bits per heavy atom. The van der Waals surface area contributed by atoms with Gasteiger partial charge in [0.25, 0.3) is 0 Å². The molecule has 0 bridgehead atoms. The Kier molecular flexibility index (Phi) is 5.24. The highest BCUT2D eigenvalue weighted by molar-refractivity contribution is 5.37. The molecule has 0 fully saturated rings. The molecule has 114 valence electrons. The SMILES string of the molecule is Cc1cc(C)c(Cn2ccc(CNCC(C)C)c2)c(C)c1. The maximum atomic E-state index is 3.50. The average molecular weight is 284 g/mol. The fourth-order valence-corrected chi connectivity index (χ4v) is 2.84. The van der Waals surface area contributed by atoms with Gasteiger partial charge in [-0.3, -0.25) is 0 Å². The Morgan fingerprint density at radius 3 is 2.38 bits per heavy atom. The monoisotopic (exact) mass is 284 g/mol. The second kappa shape index (κ2) is 6.95. The zero-order chi connectivity index (χ0) is 15.4. The van der Waals surface area contributed by atoms with Gasteiger partial charge in [0.05, 0.1) is 0 Å². The lowest BCUT2D eigenvalue weighted by Gasteiger charge is -2.12. The molecule has 0 saturated heterocycles. The standard InChI is InChI=1S/C19H28N2/c1-14(2)10-20-11-18-6-7-21(12-18)13-19-16(4)8-15(3)9-17(19)5/h6-9,12,14,20H,10-11,13H2,1-5H3. The molecule has 1 heterocycles. The molecule has 1 N–H and O–H groups in total. The molecule has 0 atom stereocenters. The van der Waals surface area contributed by atoms with Crippen LogP contribution >= 0.6 is 0 Å². The quantitative estimate of drug-likeness (QED) is 0.841. The summed E-state index contributed by atoms with van der Waals surface area (Å²) >= 11 is 0. The molecule has 0 aliphatic carbocycles. The van der Waals surface area contributed by atoms with Gasteiger partial charge in [-0.15, -0.1) is 0 Å². The minimum absolute atomic E-state index is 0.699. The van der Waals surface area contributed by atoms with Crippen LogP contribution in [0.4, 0.5) is 0 Å². The molecule has 2 rings (SSSR count). The highest BCUT2D eigenvalue weighted by Crippen LogP contribution is 2.18. The van der Waals surface area contributed by atoms with Crippen LogP contribution in [0.2, 0.25) is 0 Å². The number of nitrogens with zero attached hydrogens (tertiary/aromatic N) is 1. The van der Waals surface area contributed by atoms with Gasteiger partial charge in [0.2, 0.25) is 0 Å². The number of aromatic nitrogens is 1. The van der Waals surface area contributed by atoms with E-state index in [9.17, 15) is 0 Å². The second-order valence-electron chi connectivity index (χ2n) is 6.59. The number of benzene rings is 1. The van der Waals surface area contributed by atoms with Crippen molar-refractivity contribution >= 4 is 0 Å². The summed E-state index contributed by atoms with van der Waals surface area (Å²) in [5.41, 5.74) is 6.93. The van der Waals surface area contributed by atoms with E-state index in [0.717, 1.165) is 19.6 Å². The minimum Gasteiger partial charge on any atom is -0.350 e. The van der Waals surface area contributed by atoms with Crippen molar-refractivity contribution in [3.63, 3.8) is 0 Å². The fraction of sp³-hybridized carbons (Fsp3) is 0.474. The topological polar surface area (TPSA) is 17.0 Å². The number of aryl methyl sites for hydroxylation is 3. The summed E-state index contributed by atoms with van der Waals surface area (Å²) in [6.45, 7) is 14.1. The molecule has 1 aromatic heterocycles. The first kappa shape index (κ1) is 15.8. The zero-order valence-corrected chi connectivity index (χ0v) is 14.0. The van der Waals surface area contributed by atoms with Gasteiger partial charge in [0.15, 0.2) is 0 Å². The molecule has 21 heavy (non-hydrogen) atoms. The first-order valence-electron chi connectivity index (χ1n) is 7.88. The van der Waals surface area contributed by atoms with Crippen LogP contribution in [0.5, 0.6) is 0 Å². The van der Waals surface area contributed by atoms with Crippen molar-refractivity contribution in [3.05, 3.63) is 58.4 Å². The average Bonchev–Trinajstić information content (AvgIpc) is 2.81. The Morgan fingerprint density at radius 2 is 1.76 bits per heavy atom. The third-order valence-corrected chi connectivity index (χ3v) is 3.87. The van der Waals surface area contributed by atoms with E-state index in [1.165, 1.54) is 27.8 Å². The van der Waals surface area contributed by atoms with Crippen LogP contribution in [0.15, 0.2) is 30.6 Å². The van der Waals surface area contributed by atoms with E-state index in [1.54, 1.807) is 0 Å². The molecular formula is C19H28N2.